The van der Waals surface area contributed by atoms with Crippen LogP contribution < -0.4 is 5.73 Å². The van der Waals surface area contributed by atoms with Crippen LogP contribution in [0.25, 0.3) is 0 Å². The lowest BCUT2D eigenvalue weighted by Gasteiger charge is -2.69. The van der Waals surface area contributed by atoms with Gasteiger partial charge in [-0.1, -0.05) is 12.1 Å². The predicted molar refractivity (Wildman–Crippen MR) is 53.6 cm³/mol. The third-order valence-corrected chi connectivity index (χ3v) is 3.84. The fourth-order valence-electron chi connectivity index (χ4n) is 3.15. The zero-order valence-corrected chi connectivity index (χ0v) is 8.31. The highest BCUT2D eigenvalue weighted by atomic mass is 19.1. The minimum Gasteiger partial charge on any atom is -0.325 e. The molecule has 0 aliphatic heterocycles. The molecule has 14 heavy (non-hydrogen) atoms. The van der Waals surface area contributed by atoms with Gasteiger partial charge in [0.05, 0.1) is 0 Å². The van der Waals surface area contributed by atoms with E-state index in [-0.39, 0.29) is 11.4 Å². The van der Waals surface area contributed by atoms with Crippen LogP contribution in [0.4, 0.5) is 4.39 Å². The third kappa shape index (κ3) is 0.871. The van der Waals surface area contributed by atoms with Crippen molar-refractivity contribution >= 4 is 0 Å². The third-order valence-electron chi connectivity index (χ3n) is 3.84. The van der Waals surface area contributed by atoms with Gasteiger partial charge in [-0.25, -0.2) is 4.39 Å². The fourth-order valence-corrected chi connectivity index (χ4v) is 3.15. The Morgan fingerprint density at radius 3 is 2.43 bits per heavy atom. The summed E-state index contributed by atoms with van der Waals surface area (Å²) in [4.78, 5) is 0. The quantitative estimate of drug-likeness (QED) is 0.724. The number of nitrogens with two attached hydrogens (primary N) is 1. The minimum absolute atomic E-state index is 0.109. The first kappa shape index (κ1) is 8.42. The first-order valence-corrected chi connectivity index (χ1v) is 5.09. The molecule has 74 valence electrons. The van der Waals surface area contributed by atoms with Gasteiger partial charge >= 0.3 is 0 Å². The number of rotatable bonds is 1. The molecule has 3 fully saturated rings. The average molecular weight is 191 g/mol. The van der Waals surface area contributed by atoms with Gasteiger partial charge in [0, 0.05) is 11.0 Å². The zero-order valence-electron chi connectivity index (χ0n) is 8.31. The summed E-state index contributed by atoms with van der Waals surface area (Å²) in [6.45, 7) is 1.82. The molecule has 0 amide bonds. The molecule has 0 spiro atoms. The second kappa shape index (κ2) is 2.19. The predicted octanol–water partition coefficient (Wildman–Crippen LogP) is 2.27. The van der Waals surface area contributed by atoms with E-state index in [2.05, 4.69) is 0 Å². The molecule has 2 N–H and O–H groups in total. The maximum absolute atomic E-state index is 13.1. The van der Waals surface area contributed by atoms with E-state index in [1.165, 1.54) is 5.56 Å². The molecule has 0 saturated heterocycles. The number of aryl methyl sites for hydroxylation is 1. The van der Waals surface area contributed by atoms with Gasteiger partial charge in [-0.05, 0) is 43.4 Å². The lowest BCUT2D eigenvalue weighted by Crippen LogP contribution is -2.74. The van der Waals surface area contributed by atoms with Crippen molar-refractivity contribution in [2.45, 2.75) is 37.1 Å². The molecule has 2 heteroatoms. The molecule has 0 heterocycles. The normalized spacial score (nSPS) is 38.8. The van der Waals surface area contributed by atoms with Crippen molar-refractivity contribution < 1.29 is 4.39 Å². The van der Waals surface area contributed by atoms with Gasteiger partial charge in [0.25, 0.3) is 0 Å². The Kier molecular flexibility index (Phi) is 1.32. The lowest BCUT2D eigenvalue weighted by atomic mass is 9.38. The second-order valence-electron chi connectivity index (χ2n) is 5.14. The Balaban J connectivity index is 1.95. The molecule has 3 aliphatic rings. The fraction of sp³-hybridized carbons (Fsp3) is 0.500. The molecule has 1 aromatic rings. The molecule has 1 aromatic carbocycles. The van der Waals surface area contributed by atoms with Crippen LogP contribution >= 0.6 is 0 Å². The van der Waals surface area contributed by atoms with Crippen molar-refractivity contribution in [3.63, 3.8) is 0 Å². The van der Waals surface area contributed by atoms with Crippen LogP contribution in [0, 0.1) is 12.7 Å². The molecule has 0 radical (unpaired) electrons. The van der Waals surface area contributed by atoms with E-state index in [1.54, 1.807) is 6.07 Å². The average Bonchev–Trinajstić information content (AvgIpc) is 2.03. The molecular weight excluding hydrogens is 177 g/mol. The van der Waals surface area contributed by atoms with Crippen LogP contribution in [-0.2, 0) is 5.41 Å². The van der Waals surface area contributed by atoms with Crippen molar-refractivity contribution in [1.29, 1.82) is 0 Å². The van der Waals surface area contributed by atoms with Crippen LogP contribution in [0.2, 0.25) is 0 Å². The van der Waals surface area contributed by atoms with Crippen LogP contribution in [0.15, 0.2) is 18.2 Å². The topological polar surface area (TPSA) is 26.0 Å². The maximum atomic E-state index is 13.1. The first-order valence-electron chi connectivity index (χ1n) is 5.09. The molecule has 4 rings (SSSR count). The van der Waals surface area contributed by atoms with Crippen LogP contribution in [-0.4, -0.2) is 5.54 Å². The van der Waals surface area contributed by atoms with Gasteiger partial charge in [0.1, 0.15) is 5.82 Å². The largest absolute Gasteiger partial charge is 0.325 e. The Labute approximate surface area is 83.1 Å². The van der Waals surface area contributed by atoms with Gasteiger partial charge < -0.3 is 5.73 Å². The van der Waals surface area contributed by atoms with Gasteiger partial charge in [-0.3, -0.25) is 0 Å². The van der Waals surface area contributed by atoms with Crippen molar-refractivity contribution in [3.05, 3.63) is 35.1 Å². The van der Waals surface area contributed by atoms with E-state index in [0.29, 0.717) is 5.41 Å². The Bertz CT molecular complexity index is 391. The Morgan fingerprint density at radius 1 is 1.29 bits per heavy atom. The Hall–Kier alpha value is -0.890. The summed E-state index contributed by atoms with van der Waals surface area (Å²) in [6.07, 6.45) is 3.27. The van der Waals surface area contributed by atoms with E-state index in [4.69, 9.17) is 5.73 Å². The molecule has 0 unspecified atom stereocenters. The van der Waals surface area contributed by atoms with E-state index in [9.17, 15) is 4.39 Å². The summed E-state index contributed by atoms with van der Waals surface area (Å²) < 4.78 is 13.1. The summed E-state index contributed by atoms with van der Waals surface area (Å²) in [7, 11) is 0. The monoisotopic (exact) mass is 191 g/mol. The van der Waals surface area contributed by atoms with Crippen molar-refractivity contribution in [1.82, 2.24) is 0 Å². The summed E-state index contributed by atoms with van der Waals surface area (Å²) >= 11 is 0. The summed E-state index contributed by atoms with van der Waals surface area (Å²) in [5, 5.41) is 0. The zero-order chi connectivity index (χ0) is 9.97. The van der Waals surface area contributed by atoms with E-state index >= 15 is 0 Å². The standard InChI is InChI=1S/C12H14FN/c1-8-4-9(2-3-10(8)13)11-5-12(14,6-11)7-11/h2-4H,5-7,14H2,1H3. The summed E-state index contributed by atoms with van der Waals surface area (Å²) in [5.74, 6) is -0.109. The van der Waals surface area contributed by atoms with Gasteiger partial charge in [-0.2, -0.15) is 0 Å². The van der Waals surface area contributed by atoms with E-state index in [0.717, 1.165) is 24.8 Å². The lowest BCUT2D eigenvalue weighted by molar-refractivity contribution is -0.0590. The maximum Gasteiger partial charge on any atom is 0.126 e. The number of halogens is 1. The molecule has 0 aromatic heterocycles. The molecular formula is C12H14FN. The van der Waals surface area contributed by atoms with Crippen molar-refractivity contribution in [2.24, 2.45) is 5.73 Å². The Morgan fingerprint density at radius 2 is 1.93 bits per heavy atom. The molecule has 2 bridgehead atoms. The highest BCUT2D eigenvalue weighted by Crippen LogP contribution is 2.66. The van der Waals surface area contributed by atoms with E-state index in [1.807, 2.05) is 19.1 Å². The summed E-state index contributed by atoms with van der Waals surface area (Å²) in [5.41, 5.74) is 8.47. The van der Waals surface area contributed by atoms with Gasteiger partial charge in [0.15, 0.2) is 0 Å². The second-order valence-corrected chi connectivity index (χ2v) is 5.14. The van der Waals surface area contributed by atoms with Gasteiger partial charge in [-0.15, -0.1) is 0 Å². The number of hydrogen-bond acceptors (Lipinski definition) is 1. The highest BCUT2D eigenvalue weighted by molar-refractivity contribution is 5.42. The van der Waals surface area contributed by atoms with Crippen molar-refractivity contribution in [2.75, 3.05) is 0 Å². The highest BCUT2D eigenvalue weighted by Gasteiger charge is 2.66. The number of benzene rings is 1. The molecule has 3 aliphatic carbocycles. The smallest absolute Gasteiger partial charge is 0.126 e. The number of hydrogen-bond donors (Lipinski definition) is 1. The SMILES string of the molecule is Cc1cc(C23CC(N)(C2)C3)ccc1F. The van der Waals surface area contributed by atoms with E-state index < -0.39 is 0 Å². The van der Waals surface area contributed by atoms with Crippen LogP contribution in [0.1, 0.15) is 30.4 Å². The van der Waals surface area contributed by atoms with Gasteiger partial charge in [0.2, 0.25) is 0 Å². The molecule has 0 atom stereocenters. The van der Waals surface area contributed by atoms with Crippen LogP contribution in [0.5, 0.6) is 0 Å². The summed E-state index contributed by atoms with van der Waals surface area (Å²) in [6, 6.07) is 5.48. The minimum atomic E-state index is -0.109. The first-order chi connectivity index (χ1) is 6.53. The molecule has 3 saturated carbocycles. The molecule has 1 nitrogen and oxygen atoms in total. The van der Waals surface area contributed by atoms with Crippen molar-refractivity contribution in [3.8, 4) is 0 Å². The van der Waals surface area contributed by atoms with Crippen LogP contribution in [0.3, 0.4) is 0 Å².